The summed E-state index contributed by atoms with van der Waals surface area (Å²) in [6.07, 6.45) is 0. The Morgan fingerprint density at radius 3 is 1.96 bits per heavy atom. The summed E-state index contributed by atoms with van der Waals surface area (Å²) < 4.78 is 0. The van der Waals surface area contributed by atoms with Crippen molar-refractivity contribution in [3.05, 3.63) is 105 Å². The van der Waals surface area contributed by atoms with E-state index in [9.17, 15) is 0 Å². The van der Waals surface area contributed by atoms with E-state index in [1.54, 1.807) is 0 Å². The van der Waals surface area contributed by atoms with Crippen LogP contribution in [0.1, 0.15) is 34.3 Å². The molecular weight excluding hydrogens is 363 g/mol. The molecule has 3 aromatic rings. The fourth-order valence-corrected chi connectivity index (χ4v) is 3.58. The fourth-order valence-electron chi connectivity index (χ4n) is 3.33. The summed E-state index contributed by atoms with van der Waals surface area (Å²) in [7, 11) is 0. The molecule has 3 aromatic carbocycles. The van der Waals surface area contributed by atoms with Crippen LogP contribution in [0, 0.1) is 6.92 Å². The number of hydrogen-bond donors (Lipinski definition) is 1. The largest absolute Gasteiger partial charge is 0.361 e. The Morgan fingerprint density at radius 2 is 1.35 bits per heavy atom. The van der Waals surface area contributed by atoms with E-state index >= 15 is 0 Å². The molecule has 0 amide bonds. The number of nitrogens with one attached hydrogen (secondary N) is 1. The van der Waals surface area contributed by atoms with Crippen molar-refractivity contribution < 1.29 is 0 Å². The summed E-state index contributed by atoms with van der Waals surface area (Å²) in [6.45, 7) is 2.10. The molecule has 1 aliphatic rings. The molecule has 0 saturated carbocycles. The molecule has 1 N–H and O–H groups in total. The summed E-state index contributed by atoms with van der Waals surface area (Å²) in [5.74, 6) is 0.919. The van der Waals surface area contributed by atoms with Gasteiger partial charge >= 0.3 is 0 Å². The first-order valence-electron chi connectivity index (χ1n) is 8.53. The Hall–Kier alpha value is -2.29. The van der Waals surface area contributed by atoms with E-state index in [-0.39, 0.29) is 12.1 Å². The zero-order chi connectivity index (χ0) is 18.1. The zero-order valence-corrected chi connectivity index (χ0v) is 15.8. The number of amidine groups is 1. The summed E-state index contributed by atoms with van der Waals surface area (Å²) in [5, 5.41) is 5.08. The van der Waals surface area contributed by atoms with Crippen molar-refractivity contribution in [3.63, 3.8) is 0 Å². The highest BCUT2D eigenvalue weighted by atomic mass is 35.5. The number of aryl methyl sites for hydroxylation is 1. The van der Waals surface area contributed by atoms with Gasteiger partial charge in [0.1, 0.15) is 11.9 Å². The standard InChI is InChI=1S/C22H18Cl2N2/c1-14-4-2-3-5-19(14)22-25-20(15-6-10-17(23)11-7-15)21(26-22)16-8-12-18(24)13-9-16/h2-13,20-21H,1H3,(H,25,26)/t20-,21+. The molecule has 130 valence electrons. The monoisotopic (exact) mass is 380 g/mol. The van der Waals surface area contributed by atoms with Crippen LogP contribution in [0.4, 0.5) is 0 Å². The minimum absolute atomic E-state index is 0.0250. The molecule has 0 bridgehead atoms. The molecule has 0 unspecified atom stereocenters. The fraction of sp³-hybridized carbons (Fsp3) is 0.136. The van der Waals surface area contributed by atoms with Gasteiger partial charge < -0.3 is 5.32 Å². The third kappa shape index (κ3) is 3.35. The maximum Gasteiger partial charge on any atom is 0.129 e. The number of benzene rings is 3. The van der Waals surface area contributed by atoms with Crippen molar-refractivity contribution in [2.24, 2.45) is 4.99 Å². The summed E-state index contributed by atoms with van der Waals surface area (Å²) in [6, 6.07) is 24.2. The SMILES string of the molecule is Cc1ccccc1C1=N[C@H](c2ccc(Cl)cc2)[C@H](c2ccc(Cl)cc2)N1. The van der Waals surface area contributed by atoms with Gasteiger partial charge in [-0.3, -0.25) is 4.99 Å². The average Bonchev–Trinajstić information content (AvgIpc) is 3.08. The Labute approximate surface area is 163 Å². The average molecular weight is 381 g/mol. The van der Waals surface area contributed by atoms with Gasteiger partial charge in [-0.15, -0.1) is 0 Å². The maximum absolute atomic E-state index is 6.07. The van der Waals surface area contributed by atoms with Crippen LogP contribution < -0.4 is 5.32 Å². The van der Waals surface area contributed by atoms with Crippen LogP contribution >= 0.6 is 23.2 Å². The van der Waals surface area contributed by atoms with Gasteiger partial charge in [-0.05, 0) is 47.9 Å². The van der Waals surface area contributed by atoms with Gasteiger partial charge in [0.15, 0.2) is 0 Å². The molecule has 0 aliphatic carbocycles. The lowest BCUT2D eigenvalue weighted by Gasteiger charge is -2.20. The molecular formula is C22H18Cl2N2. The smallest absolute Gasteiger partial charge is 0.129 e. The lowest BCUT2D eigenvalue weighted by Crippen LogP contribution is -2.25. The second-order valence-corrected chi connectivity index (χ2v) is 7.34. The quantitative estimate of drug-likeness (QED) is 0.580. The molecule has 0 fully saturated rings. The number of halogens is 2. The highest BCUT2D eigenvalue weighted by molar-refractivity contribution is 6.30. The van der Waals surface area contributed by atoms with Crippen LogP contribution in [0.3, 0.4) is 0 Å². The van der Waals surface area contributed by atoms with Gasteiger partial charge in [-0.2, -0.15) is 0 Å². The number of aliphatic imine (C=N–C) groups is 1. The third-order valence-corrected chi connectivity index (χ3v) is 5.22. The van der Waals surface area contributed by atoms with Crippen LogP contribution in [0.5, 0.6) is 0 Å². The van der Waals surface area contributed by atoms with Crippen molar-refractivity contribution in [2.75, 3.05) is 0 Å². The van der Waals surface area contributed by atoms with Crippen LogP contribution in [-0.4, -0.2) is 5.84 Å². The van der Waals surface area contributed by atoms with Crippen molar-refractivity contribution in [3.8, 4) is 0 Å². The third-order valence-electron chi connectivity index (χ3n) is 4.72. The number of hydrogen-bond acceptors (Lipinski definition) is 2. The second kappa shape index (κ2) is 7.14. The molecule has 26 heavy (non-hydrogen) atoms. The van der Waals surface area contributed by atoms with Gasteiger partial charge in [0, 0.05) is 15.6 Å². The highest BCUT2D eigenvalue weighted by Crippen LogP contribution is 2.38. The first-order chi connectivity index (χ1) is 12.6. The summed E-state index contributed by atoms with van der Waals surface area (Å²) in [5.41, 5.74) is 4.61. The first kappa shape index (κ1) is 17.1. The minimum atomic E-state index is -0.0250. The van der Waals surface area contributed by atoms with E-state index in [1.165, 1.54) is 5.56 Å². The minimum Gasteiger partial charge on any atom is -0.361 e. The van der Waals surface area contributed by atoms with Crippen molar-refractivity contribution in [1.29, 1.82) is 0 Å². The van der Waals surface area contributed by atoms with E-state index < -0.39 is 0 Å². The van der Waals surface area contributed by atoms with Gasteiger partial charge in [0.05, 0.1) is 6.04 Å². The number of rotatable bonds is 3. The van der Waals surface area contributed by atoms with E-state index in [2.05, 4.69) is 36.5 Å². The van der Waals surface area contributed by atoms with E-state index in [1.807, 2.05) is 48.5 Å². The van der Waals surface area contributed by atoms with Crippen molar-refractivity contribution in [2.45, 2.75) is 19.0 Å². The lowest BCUT2D eigenvalue weighted by molar-refractivity contribution is 0.572. The van der Waals surface area contributed by atoms with Crippen molar-refractivity contribution >= 4 is 29.0 Å². The van der Waals surface area contributed by atoms with E-state index in [0.29, 0.717) is 0 Å². The van der Waals surface area contributed by atoms with E-state index in [4.69, 9.17) is 28.2 Å². The van der Waals surface area contributed by atoms with Gasteiger partial charge in [0.25, 0.3) is 0 Å². The Bertz CT molecular complexity index is 947. The molecule has 0 saturated heterocycles. The highest BCUT2D eigenvalue weighted by Gasteiger charge is 2.32. The summed E-state index contributed by atoms with van der Waals surface area (Å²) >= 11 is 12.1. The molecule has 0 radical (unpaired) electrons. The molecule has 4 heteroatoms. The van der Waals surface area contributed by atoms with Crippen molar-refractivity contribution in [1.82, 2.24) is 5.32 Å². The number of nitrogens with zero attached hydrogens (tertiary/aromatic N) is 1. The summed E-state index contributed by atoms with van der Waals surface area (Å²) in [4.78, 5) is 5.03. The predicted octanol–water partition coefficient (Wildman–Crippen LogP) is 6.13. The Kier molecular flexibility index (Phi) is 4.71. The first-order valence-corrected chi connectivity index (χ1v) is 9.29. The lowest BCUT2D eigenvalue weighted by atomic mass is 9.95. The van der Waals surface area contributed by atoms with Crippen LogP contribution in [0.2, 0.25) is 10.0 Å². The maximum atomic E-state index is 6.07. The van der Waals surface area contributed by atoms with Crippen LogP contribution in [-0.2, 0) is 0 Å². The van der Waals surface area contributed by atoms with Gasteiger partial charge in [0.2, 0.25) is 0 Å². The van der Waals surface area contributed by atoms with E-state index in [0.717, 1.165) is 32.6 Å². The van der Waals surface area contributed by atoms with Crippen LogP contribution in [0.15, 0.2) is 77.8 Å². The molecule has 1 aliphatic heterocycles. The van der Waals surface area contributed by atoms with Gasteiger partial charge in [-0.1, -0.05) is 71.7 Å². The molecule has 4 rings (SSSR count). The molecule has 0 aromatic heterocycles. The molecule has 0 spiro atoms. The second-order valence-electron chi connectivity index (χ2n) is 6.46. The normalized spacial score (nSPS) is 19.1. The zero-order valence-electron chi connectivity index (χ0n) is 14.3. The predicted molar refractivity (Wildman–Crippen MR) is 109 cm³/mol. The molecule has 1 heterocycles. The van der Waals surface area contributed by atoms with Crippen LogP contribution in [0.25, 0.3) is 0 Å². The molecule has 2 nitrogen and oxygen atoms in total. The van der Waals surface area contributed by atoms with Gasteiger partial charge in [-0.25, -0.2) is 0 Å². The Balaban J connectivity index is 1.77. The molecule has 2 atom stereocenters. The Morgan fingerprint density at radius 1 is 0.769 bits per heavy atom. The topological polar surface area (TPSA) is 24.4 Å².